The Bertz CT molecular complexity index is 1260. The van der Waals surface area contributed by atoms with Crippen LogP contribution in [0.1, 0.15) is 0 Å². The molecule has 0 spiro atoms. The van der Waals surface area contributed by atoms with Gasteiger partial charge in [-0.1, -0.05) is 71.0 Å². The Kier molecular flexibility index (Phi) is 4.10. The van der Waals surface area contributed by atoms with E-state index >= 15 is 0 Å². The molecule has 5 rings (SSSR count). The van der Waals surface area contributed by atoms with Crippen LogP contribution in [0.15, 0.2) is 87.9 Å². The molecular weight excluding hydrogens is 366 g/mol. The Balaban J connectivity index is 1.44. The predicted molar refractivity (Wildman–Crippen MR) is 108 cm³/mol. The number of hydrogen-bond acceptors (Lipinski definition) is 7. The number of rotatable bonds is 4. The smallest absolute Gasteiger partial charge is 0.260 e. The minimum Gasteiger partial charge on any atom is -0.398 e. The van der Waals surface area contributed by atoms with E-state index in [1.165, 1.54) is 0 Å². The molecule has 0 atom stereocenters. The van der Waals surface area contributed by atoms with Crippen molar-refractivity contribution in [2.45, 2.75) is 0 Å². The Morgan fingerprint density at radius 3 is 1.72 bits per heavy atom. The van der Waals surface area contributed by atoms with Gasteiger partial charge in [0.1, 0.15) is 0 Å². The molecule has 29 heavy (non-hydrogen) atoms. The van der Waals surface area contributed by atoms with E-state index in [9.17, 15) is 0 Å². The van der Waals surface area contributed by atoms with Gasteiger partial charge in [-0.05, 0) is 18.2 Å². The summed E-state index contributed by atoms with van der Waals surface area (Å²) in [5, 5.41) is 8.08. The molecule has 2 aromatic heterocycles. The Morgan fingerprint density at radius 2 is 1.14 bits per heavy atom. The van der Waals surface area contributed by atoms with Crippen LogP contribution < -0.4 is 5.73 Å². The van der Waals surface area contributed by atoms with Crippen LogP contribution >= 0.6 is 0 Å². The molecule has 7 nitrogen and oxygen atoms in total. The van der Waals surface area contributed by atoms with Gasteiger partial charge in [0.2, 0.25) is 11.6 Å². The van der Waals surface area contributed by atoms with Crippen LogP contribution in [-0.4, -0.2) is 20.3 Å². The third kappa shape index (κ3) is 3.25. The molecule has 7 heteroatoms. The molecule has 0 saturated carbocycles. The van der Waals surface area contributed by atoms with Crippen molar-refractivity contribution >= 4 is 5.69 Å². The second-order valence-electron chi connectivity index (χ2n) is 6.38. The first-order chi connectivity index (χ1) is 14.3. The van der Waals surface area contributed by atoms with Crippen molar-refractivity contribution in [2.75, 3.05) is 5.73 Å². The highest BCUT2D eigenvalue weighted by Gasteiger charge is 2.16. The van der Waals surface area contributed by atoms with E-state index in [0.29, 0.717) is 40.2 Å². The van der Waals surface area contributed by atoms with Crippen molar-refractivity contribution in [3.63, 3.8) is 0 Å². The minimum absolute atomic E-state index is 0.350. The molecule has 0 radical (unpaired) electrons. The summed E-state index contributed by atoms with van der Waals surface area (Å²) in [5.41, 5.74) is 9.83. The van der Waals surface area contributed by atoms with E-state index in [-0.39, 0.29) is 0 Å². The third-order valence-electron chi connectivity index (χ3n) is 4.44. The average molecular weight is 381 g/mol. The van der Waals surface area contributed by atoms with Gasteiger partial charge in [0, 0.05) is 22.4 Å². The summed E-state index contributed by atoms with van der Waals surface area (Å²) in [7, 11) is 0. The lowest BCUT2D eigenvalue weighted by Gasteiger charge is -2.02. The molecule has 0 aliphatic rings. The number of aromatic nitrogens is 4. The van der Waals surface area contributed by atoms with Crippen molar-refractivity contribution < 1.29 is 9.05 Å². The molecule has 140 valence electrons. The molecule has 0 unspecified atom stereocenters. The standard InChI is InChI=1S/C22H15N5O2/c23-18-13-16(21-24-19(26-28-21)14-7-3-1-4-8-14)11-12-17(18)22-25-20(27-29-22)15-9-5-2-6-10-15/h1-13H,23H2. The van der Waals surface area contributed by atoms with E-state index in [1.807, 2.05) is 66.7 Å². The van der Waals surface area contributed by atoms with Crippen LogP contribution in [0.4, 0.5) is 5.69 Å². The van der Waals surface area contributed by atoms with Crippen LogP contribution in [0.25, 0.3) is 45.7 Å². The Morgan fingerprint density at radius 1 is 0.586 bits per heavy atom. The molecule has 3 aromatic carbocycles. The SMILES string of the molecule is Nc1cc(-c2nc(-c3ccccc3)no2)ccc1-c1nc(-c2ccccc2)no1. The van der Waals surface area contributed by atoms with Gasteiger partial charge in [0.05, 0.1) is 5.56 Å². The summed E-state index contributed by atoms with van der Waals surface area (Å²) in [6.07, 6.45) is 0. The number of nitrogens with two attached hydrogens (primary N) is 1. The quantitative estimate of drug-likeness (QED) is 0.450. The summed E-state index contributed by atoms with van der Waals surface area (Å²) in [6, 6.07) is 24.6. The predicted octanol–water partition coefficient (Wildman–Crippen LogP) is 4.70. The van der Waals surface area contributed by atoms with Crippen LogP contribution in [-0.2, 0) is 0 Å². The van der Waals surface area contributed by atoms with Crippen molar-refractivity contribution in [2.24, 2.45) is 0 Å². The summed E-state index contributed by atoms with van der Waals surface area (Å²) >= 11 is 0. The van der Waals surface area contributed by atoms with Gasteiger partial charge in [-0.3, -0.25) is 0 Å². The summed E-state index contributed by atoms with van der Waals surface area (Å²) in [4.78, 5) is 8.90. The van der Waals surface area contributed by atoms with Gasteiger partial charge < -0.3 is 14.8 Å². The summed E-state index contributed by atoms with van der Waals surface area (Å²) in [6.45, 7) is 0. The molecule has 0 fully saturated rings. The first-order valence-electron chi connectivity index (χ1n) is 8.96. The van der Waals surface area contributed by atoms with Crippen LogP contribution in [0.3, 0.4) is 0 Å². The van der Waals surface area contributed by atoms with Gasteiger partial charge in [-0.25, -0.2) is 0 Å². The topological polar surface area (TPSA) is 104 Å². The Labute approximate surface area is 165 Å². The molecule has 0 saturated heterocycles. The molecule has 0 amide bonds. The fourth-order valence-corrected chi connectivity index (χ4v) is 2.97. The zero-order valence-electron chi connectivity index (χ0n) is 15.2. The summed E-state index contributed by atoms with van der Waals surface area (Å²) in [5.74, 6) is 1.77. The van der Waals surface area contributed by atoms with Gasteiger partial charge in [0.15, 0.2) is 0 Å². The molecule has 0 bridgehead atoms. The molecular formula is C22H15N5O2. The maximum Gasteiger partial charge on any atom is 0.260 e. The molecule has 5 aromatic rings. The normalized spacial score (nSPS) is 10.9. The van der Waals surface area contributed by atoms with E-state index in [1.54, 1.807) is 12.1 Å². The van der Waals surface area contributed by atoms with Crippen LogP contribution in [0.2, 0.25) is 0 Å². The lowest BCUT2D eigenvalue weighted by Crippen LogP contribution is -1.92. The number of hydrogen-bond donors (Lipinski definition) is 1. The monoisotopic (exact) mass is 381 g/mol. The van der Waals surface area contributed by atoms with Crippen LogP contribution in [0.5, 0.6) is 0 Å². The Hall–Kier alpha value is -4.26. The highest BCUT2D eigenvalue weighted by atomic mass is 16.5. The van der Waals surface area contributed by atoms with Gasteiger partial charge >= 0.3 is 0 Å². The first kappa shape index (κ1) is 16.9. The zero-order chi connectivity index (χ0) is 19.6. The van der Waals surface area contributed by atoms with Crippen molar-refractivity contribution in [3.05, 3.63) is 78.9 Å². The molecule has 0 aliphatic heterocycles. The van der Waals surface area contributed by atoms with E-state index in [0.717, 1.165) is 11.1 Å². The van der Waals surface area contributed by atoms with Gasteiger partial charge in [0.25, 0.3) is 11.8 Å². The summed E-state index contributed by atoms with van der Waals surface area (Å²) < 4.78 is 10.8. The average Bonchev–Trinajstić information content (AvgIpc) is 3.45. The van der Waals surface area contributed by atoms with Gasteiger partial charge in [-0.2, -0.15) is 9.97 Å². The highest BCUT2D eigenvalue weighted by molar-refractivity contribution is 5.76. The maximum atomic E-state index is 6.24. The number of nitrogen functional groups attached to an aromatic ring is 1. The largest absolute Gasteiger partial charge is 0.398 e. The fraction of sp³-hybridized carbons (Fsp3) is 0. The lowest BCUT2D eigenvalue weighted by atomic mass is 10.1. The second kappa shape index (κ2) is 7.05. The fourth-order valence-electron chi connectivity index (χ4n) is 2.97. The zero-order valence-corrected chi connectivity index (χ0v) is 15.2. The highest BCUT2D eigenvalue weighted by Crippen LogP contribution is 2.31. The lowest BCUT2D eigenvalue weighted by molar-refractivity contribution is 0.431. The molecule has 2 N–H and O–H groups in total. The van der Waals surface area contributed by atoms with Crippen molar-refractivity contribution in [1.29, 1.82) is 0 Å². The van der Waals surface area contributed by atoms with Crippen LogP contribution in [0, 0.1) is 0 Å². The third-order valence-corrected chi connectivity index (χ3v) is 4.44. The van der Waals surface area contributed by atoms with E-state index < -0.39 is 0 Å². The first-order valence-corrected chi connectivity index (χ1v) is 8.96. The molecule has 2 heterocycles. The number of nitrogens with zero attached hydrogens (tertiary/aromatic N) is 4. The molecule has 0 aliphatic carbocycles. The maximum absolute atomic E-state index is 6.24. The number of anilines is 1. The van der Waals surface area contributed by atoms with Gasteiger partial charge in [-0.15, -0.1) is 0 Å². The minimum atomic E-state index is 0.350. The number of benzene rings is 3. The van der Waals surface area contributed by atoms with E-state index in [2.05, 4.69) is 20.3 Å². The van der Waals surface area contributed by atoms with E-state index in [4.69, 9.17) is 14.8 Å². The second-order valence-corrected chi connectivity index (χ2v) is 6.38. The van der Waals surface area contributed by atoms with Crippen molar-refractivity contribution in [3.8, 4) is 45.7 Å². The van der Waals surface area contributed by atoms with Crippen molar-refractivity contribution in [1.82, 2.24) is 20.3 Å².